The Labute approximate surface area is 115 Å². The minimum atomic E-state index is -0.979. The summed E-state index contributed by atoms with van der Waals surface area (Å²) in [6.45, 7) is 4.24. The normalized spacial score (nSPS) is 17.5. The predicted octanol–water partition coefficient (Wildman–Crippen LogP) is 2.00. The summed E-state index contributed by atoms with van der Waals surface area (Å²) in [4.78, 5) is 13.5. The van der Waals surface area contributed by atoms with Crippen LogP contribution in [0.25, 0.3) is 0 Å². The summed E-state index contributed by atoms with van der Waals surface area (Å²) in [7, 11) is 0. The maximum absolute atomic E-state index is 13.5. The lowest BCUT2D eigenvalue weighted by Gasteiger charge is -2.17. The molecule has 2 rings (SSSR count). The van der Waals surface area contributed by atoms with Gasteiger partial charge in [-0.3, -0.25) is 9.69 Å². The van der Waals surface area contributed by atoms with Crippen LogP contribution in [-0.2, 0) is 11.2 Å². The number of thiocarbonyl (C=S) groups is 1. The second kappa shape index (κ2) is 4.85. The summed E-state index contributed by atoms with van der Waals surface area (Å²) < 4.78 is 26.6. The van der Waals surface area contributed by atoms with Gasteiger partial charge in [-0.25, -0.2) is 8.78 Å². The zero-order valence-corrected chi connectivity index (χ0v) is 11.5. The maximum Gasteiger partial charge on any atom is 0.233 e. The summed E-state index contributed by atoms with van der Waals surface area (Å²) in [5.41, 5.74) is -0.259. The fourth-order valence-corrected chi connectivity index (χ4v) is 2.45. The highest BCUT2D eigenvalue weighted by atomic mass is 32.1. The molecule has 1 N–H and O–H groups in total. The predicted molar refractivity (Wildman–Crippen MR) is 71.6 cm³/mol. The van der Waals surface area contributed by atoms with Gasteiger partial charge in [0.1, 0.15) is 0 Å². The number of hydrogen-bond acceptors (Lipinski definition) is 2. The molecule has 0 aliphatic carbocycles. The minimum absolute atomic E-state index is 0.0394. The van der Waals surface area contributed by atoms with E-state index in [2.05, 4.69) is 5.32 Å². The van der Waals surface area contributed by atoms with Crippen LogP contribution in [0.15, 0.2) is 18.2 Å². The van der Waals surface area contributed by atoms with E-state index >= 15 is 0 Å². The molecule has 0 bridgehead atoms. The minimum Gasteiger partial charge on any atom is -0.356 e. The molecule has 1 aliphatic heterocycles. The Kier molecular flexibility index (Phi) is 3.54. The van der Waals surface area contributed by atoms with Crippen molar-refractivity contribution < 1.29 is 13.6 Å². The quantitative estimate of drug-likeness (QED) is 0.843. The van der Waals surface area contributed by atoms with E-state index in [1.165, 1.54) is 17.0 Å². The summed E-state index contributed by atoms with van der Waals surface area (Å²) in [6.07, 6.45) is -0.207. The molecule has 1 amide bonds. The zero-order valence-electron chi connectivity index (χ0n) is 10.7. The van der Waals surface area contributed by atoms with Gasteiger partial charge >= 0.3 is 0 Å². The number of halogens is 2. The third-order valence-electron chi connectivity index (χ3n) is 2.92. The van der Waals surface area contributed by atoms with E-state index in [1.54, 1.807) is 0 Å². The van der Waals surface area contributed by atoms with Gasteiger partial charge in [-0.1, -0.05) is 12.1 Å². The molecule has 0 aromatic heterocycles. The molecule has 1 aromatic carbocycles. The summed E-state index contributed by atoms with van der Waals surface area (Å²) in [5, 5.41) is 3.33. The lowest BCUT2D eigenvalue weighted by atomic mass is 10.1. The Morgan fingerprint density at radius 3 is 2.74 bits per heavy atom. The standard InChI is InChI=1S/C13H14F2N2OS/c1-13(2)7-17(12(19)16-13)10(18)6-8-4-3-5-9(14)11(8)15/h3-5H,6-7H2,1-2H3,(H,16,19). The van der Waals surface area contributed by atoms with Crippen molar-refractivity contribution in [3.05, 3.63) is 35.4 Å². The lowest BCUT2D eigenvalue weighted by Crippen LogP contribution is -2.36. The molecule has 0 spiro atoms. The number of rotatable bonds is 2. The van der Waals surface area contributed by atoms with Crippen LogP contribution in [0.3, 0.4) is 0 Å². The van der Waals surface area contributed by atoms with E-state index in [9.17, 15) is 13.6 Å². The first-order valence-electron chi connectivity index (χ1n) is 5.85. The number of carbonyl (C=O) groups is 1. The van der Waals surface area contributed by atoms with Gasteiger partial charge in [-0.05, 0) is 32.1 Å². The van der Waals surface area contributed by atoms with Crippen molar-refractivity contribution >= 4 is 23.2 Å². The lowest BCUT2D eigenvalue weighted by molar-refractivity contribution is -0.126. The molecule has 1 aliphatic rings. The first kappa shape index (κ1) is 13.9. The molecule has 0 atom stereocenters. The van der Waals surface area contributed by atoms with Gasteiger partial charge < -0.3 is 5.32 Å². The van der Waals surface area contributed by atoms with Crippen LogP contribution in [0.1, 0.15) is 19.4 Å². The zero-order chi connectivity index (χ0) is 14.2. The van der Waals surface area contributed by atoms with Crippen LogP contribution in [0.2, 0.25) is 0 Å². The molecule has 3 nitrogen and oxygen atoms in total. The fourth-order valence-electron chi connectivity index (χ4n) is 2.01. The second-order valence-electron chi connectivity index (χ2n) is 5.18. The summed E-state index contributed by atoms with van der Waals surface area (Å²) in [6, 6.07) is 3.80. The first-order chi connectivity index (χ1) is 8.80. The first-order valence-corrected chi connectivity index (χ1v) is 6.26. The number of nitrogens with zero attached hydrogens (tertiary/aromatic N) is 1. The largest absolute Gasteiger partial charge is 0.356 e. The third-order valence-corrected chi connectivity index (χ3v) is 3.24. The maximum atomic E-state index is 13.5. The second-order valence-corrected chi connectivity index (χ2v) is 5.57. The Bertz CT molecular complexity index is 545. The summed E-state index contributed by atoms with van der Waals surface area (Å²) in [5.74, 6) is -2.27. The topological polar surface area (TPSA) is 32.3 Å². The van der Waals surface area contributed by atoms with Crippen molar-refractivity contribution in [2.75, 3.05) is 6.54 Å². The Morgan fingerprint density at radius 2 is 2.16 bits per heavy atom. The van der Waals surface area contributed by atoms with E-state index in [4.69, 9.17) is 12.2 Å². The van der Waals surface area contributed by atoms with Gasteiger partial charge in [0.05, 0.1) is 18.5 Å². The molecule has 0 saturated carbocycles. The third kappa shape index (κ3) is 2.89. The molecule has 1 aromatic rings. The highest BCUT2D eigenvalue weighted by molar-refractivity contribution is 7.80. The number of amides is 1. The van der Waals surface area contributed by atoms with Crippen LogP contribution in [-0.4, -0.2) is 28.0 Å². The monoisotopic (exact) mass is 284 g/mol. The van der Waals surface area contributed by atoms with Crippen LogP contribution in [0.4, 0.5) is 8.78 Å². The molecule has 6 heteroatoms. The Morgan fingerprint density at radius 1 is 1.47 bits per heavy atom. The van der Waals surface area contributed by atoms with Gasteiger partial charge in [0, 0.05) is 5.56 Å². The van der Waals surface area contributed by atoms with E-state index < -0.39 is 11.6 Å². The molecule has 1 heterocycles. The van der Waals surface area contributed by atoms with Crippen LogP contribution >= 0.6 is 12.2 Å². The highest BCUT2D eigenvalue weighted by Crippen LogP contribution is 2.18. The SMILES string of the molecule is CC1(C)CN(C(=O)Cc2cccc(F)c2F)C(=S)N1. The van der Waals surface area contributed by atoms with Gasteiger partial charge in [0.2, 0.25) is 5.91 Å². The smallest absolute Gasteiger partial charge is 0.233 e. The average Bonchev–Trinajstić information content (AvgIpc) is 2.59. The molecule has 19 heavy (non-hydrogen) atoms. The molecule has 102 valence electrons. The van der Waals surface area contributed by atoms with Gasteiger partial charge in [0.25, 0.3) is 0 Å². The van der Waals surface area contributed by atoms with E-state index in [1.807, 2.05) is 13.8 Å². The van der Waals surface area contributed by atoms with Crippen molar-refractivity contribution in [3.8, 4) is 0 Å². The Balaban J connectivity index is 2.14. The number of hydrogen-bond donors (Lipinski definition) is 1. The van der Waals surface area contributed by atoms with Gasteiger partial charge in [-0.15, -0.1) is 0 Å². The summed E-state index contributed by atoms with van der Waals surface area (Å²) >= 11 is 5.07. The van der Waals surface area contributed by atoms with E-state index in [-0.39, 0.29) is 23.4 Å². The van der Waals surface area contributed by atoms with E-state index in [0.29, 0.717) is 11.7 Å². The van der Waals surface area contributed by atoms with Crippen LogP contribution < -0.4 is 5.32 Å². The van der Waals surface area contributed by atoms with E-state index in [0.717, 1.165) is 6.07 Å². The Hall–Kier alpha value is -1.56. The van der Waals surface area contributed by atoms with Gasteiger partial charge in [0.15, 0.2) is 16.7 Å². The number of carbonyl (C=O) groups excluding carboxylic acids is 1. The van der Waals surface area contributed by atoms with Crippen molar-refractivity contribution in [1.29, 1.82) is 0 Å². The number of nitrogens with one attached hydrogen (secondary N) is 1. The van der Waals surface area contributed by atoms with Gasteiger partial charge in [-0.2, -0.15) is 0 Å². The van der Waals surface area contributed by atoms with Crippen molar-refractivity contribution in [1.82, 2.24) is 10.2 Å². The molecule has 0 radical (unpaired) electrons. The molecule has 1 saturated heterocycles. The molecule has 0 unspecified atom stereocenters. The fraction of sp³-hybridized carbons (Fsp3) is 0.385. The molecular weight excluding hydrogens is 270 g/mol. The molecular formula is C13H14F2N2OS. The van der Waals surface area contributed by atoms with Crippen LogP contribution in [0.5, 0.6) is 0 Å². The number of benzene rings is 1. The van der Waals surface area contributed by atoms with Crippen molar-refractivity contribution in [2.45, 2.75) is 25.8 Å². The average molecular weight is 284 g/mol. The van der Waals surface area contributed by atoms with Crippen molar-refractivity contribution in [3.63, 3.8) is 0 Å². The molecule has 1 fully saturated rings. The van der Waals surface area contributed by atoms with Crippen molar-refractivity contribution in [2.24, 2.45) is 0 Å². The highest BCUT2D eigenvalue weighted by Gasteiger charge is 2.35. The van der Waals surface area contributed by atoms with Crippen LogP contribution in [0, 0.1) is 11.6 Å².